The molecule has 1 nitrogen and oxygen atoms in total. The Hall–Kier alpha value is 0.310. The predicted octanol–water partition coefficient (Wildman–Crippen LogP) is 3.09. The van der Waals surface area contributed by atoms with E-state index in [-0.39, 0.29) is 0 Å². The van der Waals surface area contributed by atoms with Crippen LogP contribution in [0.2, 0.25) is 0 Å². The van der Waals surface area contributed by atoms with E-state index in [0.717, 1.165) is 29.6 Å². The standard InChI is InChI=1S/C11H20OS/c1-9-2-3-11(8-9)13-10-4-6-12-7-5-10/h9-11H,2-8H2,1H3. The molecule has 1 saturated carbocycles. The van der Waals surface area contributed by atoms with Crippen molar-refractivity contribution in [2.45, 2.75) is 49.5 Å². The molecule has 0 aromatic heterocycles. The van der Waals surface area contributed by atoms with Gasteiger partial charge in [-0.25, -0.2) is 0 Å². The number of hydrogen-bond acceptors (Lipinski definition) is 2. The Morgan fingerprint density at radius 3 is 2.38 bits per heavy atom. The van der Waals surface area contributed by atoms with E-state index in [4.69, 9.17) is 4.74 Å². The van der Waals surface area contributed by atoms with Gasteiger partial charge in [-0.2, -0.15) is 11.8 Å². The highest BCUT2D eigenvalue weighted by atomic mass is 32.2. The third-order valence-corrected chi connectivity index (χ3v) is 4.87. The van der Waals surface area contributed by atoms with Crippen LogP contribution >= 0.6 is 11.8 Å². The van der Waals surface area contributed by atoms with Gasteiger partial charge in [0.1, 0.15) is 0 Å². The molecule has 76 valence electrons. The lowest BCUT2D eigenvalue weighted by atomic mass is 10.1. The van der Waals surface area contributed by atoms with Crippen LogP contribution in [-0.2, 0) is 4.74 Å². The zero-order valence-electron chi connectivity index (χ0n) is 8.50. The van der Waals surface area contributed by atoms with Crippen molar-refractivity contribution in [1.82, 2.24) is 0 Å². The number of hydrogen-bond donors (Lipinski definition) is 0. The second-order valence-electron chi connectivity index (χ2n) is 4.49. The van der Waals surface area contributed by atoms with Gasteiger partial charge in [-0.05, 0) is 38.0 Å². The largest absolute Gasteiger partial charge is 0.381 e. The Labute approximate surface area is 85.6 Å². The normalized spacial score (nSPS) is 36.7. The molecule has 0 radical (unpaired) electrons. The molecule has 2 unspecified atom stereocenters. The SMILES string of the molecule is CC1CCC(SC2CCOCC2)C1. The van der Waals surface area contributed by atoms with Gasteiger partial charge in [0.2, 0.25) is 0 Å². The molecule has 13 heavy (non-hydrogen) atoms. The summed E-state index contributed by atoms with van der Waals surface area (Å²) in [4.78, 5) is 0. The maximum Gasteiger partial charge on any atom is 0.0476 e. The first kappa shape index (κ1) is 9.85. The van der Waals surface area contributed by atoms with Crippen LogP contribution in [0.25, 0.3) is 0 Å². The number of ether oxygens (including phenoxy) is 1. The molecule has 2 aliphatic rings. The first-order valence-electron chi connectivity index (χ1n) is 5.58. The molecular weight excluding hydrogens is 180 g/mol. The second-order valence-corrected chi connectivity index (χ2v) is 6.09. The lowest BCUT2D eigenvalue weighted by Gasteiger charge is -2.24. The molecule has 0 amide bonds. The Morgan fingerprint density at radius 1 is 1.00 bits per heavy atom. The van der Waals surface area contributed by atoms with E-state index < -0.39 is 0 Å². The minimum Gasteiger partial charge on any atom is -0.381 e. The smallest absolute Gasteiger partial charge is 0.0476 e. The van der Waals surface area contributed by atoms with Crippen molar-refractivity contribution >= 4 is 11.8 Å². The Bertz CT molecular complexity index is 151. The van der Waals surface area contributed by atoms with Gasteiger partial charge in [0, 0.05) is 23.7 Å². The van der Waals surface area contributed by atoms with Crippen molar-refractivity contribution in [1.29, 1.82) is 0 Å². The van der Waals surface area contributed by atoms with E-state index in [1.54, 1.807) is 0 Å². The molecule has 0 N–H and O–H groups in total. The van der Waals surface area contributed by atoms with Crippen molar-refractivity contribution in [3.05, 3.63) is 0 Å². The minimum absolute atomic E-state index is 0.907. The van der Waals surface area contributed by atoms with E-state index in [2.05, 4.69) is 18.7 Å². The van der Waals surface area contributed by atoms with E-state index in [9.17, 15) is 0 Å². The summed E-state index contributed by atoms with van der Waals surface area (Å²) in [6, 6.07) is 0. The summed E-state index contributed by atoms with van der Waals surface area (Å²) in [5, 5.41) is 1.88. The topological polar surface area (TPSA) is 9.23 Å². The zero-order valence-corrected chi connectivity index (χ0v) is 9.31. The summed E-state index contributed by atoms with van der Waals surface area (Å²) in [6.07, 6.45) is 6.96. The summed E-state index contributed by atoms with van der Waals surface area (Å²) in [5.74, 6) is 0.984. The van der Waals surface area contributed by atoms with Crippen LogP contribution in [0.4, 0.5) is 0 Å². The lowest BCUT2D eigenvalue weighted by molar-refractivity contribution is 0.0999. The maximum atomic E-state index is 5.37. The molecule has 2 atom stereocenters. The molecule has 0 bridgehead atoms. The van der Waals surface area contributed by atoms with Gasteiger partial charge in [0.05, 0.1) is 0 Å². The Kier molecular flexibility index (Phi) is 3.56. The Morgan fingerprint density at radius 2 is 1.77 bits per heavy atom. The van der Waals surface area contributed by atoms with Crippen LogP contribution in [0.1, 0.15) is 39.0 Å². The third-order valence-electron chi connectivity index (χ3n) is 3.20. The van der Waals surface area contributed by atoms with E-state index in [1.807, 2.05) is 0 Å². The number of thioether (sulfide) groups is 1. The average molecular weight is 200 g/mol. The summed E-state index contributed by atoms with van der Waals surface area (Å²) in [7, 11) is 0. The first-order chi connectivity index (χ1) is 6.34. The predicted molar refractivity (Wildman–Crippen MR) is 58.2 cm³/mol. The molecule has 1 heterocycles. The van der Waals surface area contributed by atoms with Gasteiger partial charge in [0.25, 0.3) is 0 Å². The van der Waals surface area contributed by atoms with Crippen LogP contribution in [-0.4, -0.2) is 23.7 Å². The highest BCUT2D eigenvalue weighted by Crippen LogP contribution is 2.38. The summed E-state index contributed by atoms with van der Waals surface area (Å²) < 4.78 is 5.37. The second kappa shape index (κ2) is 4.70. The molecule has 2 fully saturated rings. The average Bonchev–Trinajstić information content (AvgIpc) is 2.53. The lowest BCUT2D eigenvalue weighted by Crippen LogP contribution is -2.19. The van der Waals surface area contributed by atoms with E-state index in [1.165, 1.54) is 32.1 Å². The number of rotatable bonds is 2. The minimum atomic E-state index is 0.907. The molecule has 1 saturated heterocycles. The summed E-state index contributed by atoms with van der Waals surface area (Å²) >= 11 is 2.25. The van der Waals surface area contributed by atoms with E-state index >= 15 is 0 Å². The van der Waals surface area contributed by atoms with Gasteiger partial charge in [-0.15, -0.1) is 0 Å². The van der Waals surface area contributed by atoms with Crippen molar-refractivity contribution < 1.29 is 4.74 Å². The fraction of sp³-hybridized carbons (Fsp3) is 1.00. The van der Waals surface area contributed by atoms with Crippen molar-refractivity contribution in [3.8, 4) is 0 Å². The van der Waals surface area contributed by atoms with Crippen LogP contribution in [0, 0.1) is 5.92 Å². The summed E-state index contributed by atoms with van der Waals surface area (Å²) in [6.45, 7) is 4.39. The highest BCUT2D eigenvalue weighted by molar-refractivity contribution is 8.00. The summed E-state index contributed by atoms with van der Waals surface area (Å²) in [5.41, 5.74) is 0. The molecule has 1 aliphatic heterocycles. The fourth-order valence-electron chi connectivity index (χ4n) is 2.36. The van der Waals surface area contributed by atoms with Crippen LogP contribution in [0.5, 0.6) is 0 Å². The van der Waals surface area contributed by atoms with Crippen molar-refractivity contribution in [2.24, 2.45) is 5.92 Å². The molecule has 1 aliphatic carbocycles. The van der Waals surface area contributed by atoms with Gasteiger partial charge in [-0.3, -0.25) is 0 Å². The van der Waals surface area contributed by atoms with Gasteiger partial charge in [0.15, 0.2) is 0 Å². The molecule has 0 aromatic carbocycles. The van der Waals surface area contributed by atoms with Gasteiger partial charge >= 0.3 is 0 Å². The fourth-order valence-corrected chi connectivity index (χ4v) is 4.08. The highest BCUT2D eigenvalue weighted by Gasteiger charge is 2.25. The maximum absolute atomic E-state index is 5.37. The monoisotopic (exact) mass is 200 g/mol. The first-order valence-corrected chi connectivity index (χ1v) is 6.52. The van der Waals surface area contributed by atoms with Crippen molar-refractivity contribution in [2.75, 3.05) is 13.2 Å². The molecule has 0 spiro atoms. The van der Waals surface area contributed by atoms with Gasteiger partial charge < -0.3 is 4.74 Å². The quantitative estimate of drug-likeness (QED) is 0.677. The van der Waals surface area contributed by atoms with E-state index in [0.29, 0.717) is 0 Å². The van der Waals surface area contributed by atoms with Gasteiger partial charge in [-0.1, -0.05) is 6.92 Å². The van der Waals surface area contributed by atoms with Crippen LogP contribution in [0.3, 0.4) is 0 Å². The van der Waals surface area contributed by atoms with Crippen LogP contribution < -0.4 is 0 Å². The molecule has 2 heteroatoms. The van der Waals surface area contributed by atoms with Crippen LogP contribution in [0.15, 0.2) is 0 Å². The zero-order chi connectivity index (χ0) is 9.10. The van der Waals surface area contributed by atoms with Crippen molar-refractivity contribution in [3.63, 3.8) is 0 Å². The molecule has 0 aromatic rings. The molecule has 2 rings (SSSR count). The molecular formula is C11H20OS. The Balaban J connectivity index is 1.71. The third kappa shape index (κ3) is 2.88.